The van der Waals surface area contributed by atoms with Gasteiger partial charge in [0.15, 0.2) is 0 Å². The van der Waals surface area contributed by atoms with Gasteiger partial charge in [0.05, 0.1) is 25.9 Å². The number of carbonyl (C=O) groups excluding carboxylic acids is 1. The molecule has 2 unspecified atom stereocenters. The van der Waals surface area contributed by atoms with Gasteiger partial charge in [-0.2, -0.15) is 0 Å². The predicted octanol–water partition coefficient (Wildman–Crippen LogP) is -0.404. The van der Waals surface area contributed by atoms with E-state index < -0.39 is 0 Å². The van der Waals surface area contributed by atoms with Gasteiger partial charge in [-0.15, -0.1) is 0 Å². The summed E-state index contributed by atoms with van der Waals surface area (Å²) in [4.78, 5) is 14.0. The fraction of sp³-hybridized carbons (Fsp3) is 0.917. The van der Waals surface area contributed by atoms with E-state index in [0.717, 1.165) is 25.9 Å². The minimum atomic E-state index is -0.146. The van der Waals surface area contributed by atoms with Crippen molar-refractivity contribution in [2.45, 2.75) is 25.3 Å². The van der Waals surface area contributed by atoms with Crippen LogP contribution in [0.2, 0.25) is 0 Å². The topological polar surface area (TPSA) is 61.8 Å². The molecule has 2 N–H and O–H groups in total. The van der Waals surface area contributed by atoms with Crippen LogP contribution in [0, 0.1) is 5.92 Å². The zero-order valence-corrected chi connectivity index (χ0v) is 10.2. The molecule has 0 aromatic heterocycles. The Labute approximate surface area is 102 Å². The Kier molecular flexibility index (Phi) is 4.76. The minimum absolute atomic E-state index is 0.00530. The number of amides is 1. The van der Waals surface area contributed by atoms with Gasteiger partial charge in [-0.05, 0) is 31.8 Å². The number of aliphatic hydroxyl groups is 1. The van der Waals surface area contributed by atoms with Gasteiger partial charge in [-0.1, -0.05) is 0 Å². The summed E-state index contributed by atoms with van der Waals surface area (Å²) in [6, 6.07) is -0.146. The molecule has 2 heterocycles. The fourth-order valence-corrected chi connectivity index (χ4v) is 2.60. The third-order valence-electron chi connectivity index (χ3n) is 3.62. The molecular weight excluding hydrogens is 220 g/mol. The lowest BCUT2D eigenvalue weighted by Crippen LogP contribution is -2.51. The highest BCUT2D eigenvalue weighted by atomic mass is 16.5. The van der Waals surface area contributed by atoms with E-state index in [9.17, 15) is 9.90 Å². The van der Waals surface area contributed by atoms with Crippen LogP contribution < -0.4 is 5.32 Å². The number of nitrogens with zero attached hydrogens (tertiary/aromatic N) is 1. The van der Waals surface area contributed by atoms with Crippen molar-refractivity contribution in [3.63, 3.8) is 0 Å². The first-order valence-corrected chi connectivity index (χ1v) is 6.50. The highest BCUT2D eigenvalue weighted by Gasteiger charge is 2.28. The van der Waals surface area contributed by atoms with E-state index in [0.29, 0.717) is 32.1 Å². The number of carbonyl (C=O) groups is 1. The van der Waals surface area contributed by atoms with Crippen LogP contribution in [-0.4, -0.2) is 61.4 Å². The van der Waals surface area contributed by atoms with E-state index >= 15 is 0 Å². The minimum Gasteiger partial charge on any atom is -0.394 e. The average Bonchev–Trinajstić information content (AvgIpc) is 2.40. The van der Waals surface area contributed by atoms with Gasteiger partial charge in [0.1, 0.15) is 0 Å². The van der Waals surface area contributed by atoms with Gasteiger partial charge in [-0.3, -0.25) is 4.79 Å². The lowest BCUT2D eigenvalue weighted by atomic mass is 9.95. The molecule has 0 aromatic carbocycles. The largest absolute Gasteiger partial charge is 0.394 e. The molecular formula is C12H22N2O3. The number of hydrogen-bond donors (Lipinski definition) is 2. The van der Waals surface area contributed by atoms with Crippen LogP contribution in [0.4, 0.5) is 0 Å². The lowest BCUT2D eigenvalue weighted by molar-refractivity contribution is -0.142. The molecule has 0 saturated carbocycles. The van der Waals surface area contributed by atoms with Crippen LogP contribution in [0.1, 0.15) is 19.3 Å². The maximum atomic E-state index is 12.2. The highest BCUT2D eigenvalue weighted by Crippen LogP contribution is 2.17. The number of morpholine rings is 1. The van der Waals surface area contributed by atoms with Gasteiger partial charge < -0.3 is 20.1 Å². The normalized spacial score (nSPS) is 30.3. The summed E-state index contributed by atoms with van der Waals surface area (Å²) in [7, 11) is 0. The summed E-state index contributed by atoms with van der Waals surface area (Å²) in [6.45, 7) is 3.68. The van der Waals surface area contributed by atoms with Crippen molar-refractivity contribution in [1.29, 1.82) is 0 Å². The number of ether oxygens (including phenoxy) is 1. The Balaban J connectivity index is 1.84. The summed E-state index contributed by atoms with van der Waals surface area (Å²) in [6.07, 6.45) is 2.89. The number of hydrogen-bond acceptors (Lipinski definition) is 4. The molecule has 0 aromatic rings. The second-order valence-electron chi connectivity index (χ2n) is 4.91. The van der Waals surface area contributed by atoms with E-state index in [1.54, 1.807) is 4.90 Å². The number of nitrogens with one attached hydrogen (secondary N) is 1. The molecule has 0 radical (unpaired) electrons. The molecule has 1 amide bonds. The molecule has 2 rings (SSSR count). The first-order chi connectivity index (χ1) is 8.31. The van der Waals surface area contributed by atoms with Crippen molar-refractivity contribution in [3.8, 4) is 0 Å². The maximum Gasteiger partial charge on any atom is 0.223 e. The van der Waals surface area contributed by atoms with Crippen LogP contribution >= 0.6 is 0 Å². The Hall–Kier alpha value is -0.650. The molecule has 2 atom stereocenters. The van der Waals surface area contributed by atoms with E-state index in [1.807, 2.05) is 0 Å². The van der Waals surface area contributed by atoms with E-state index in [2.05, 4.69) is 5.32 Å². The van der Waals surface area contributed by atoms with Gasteiger partial charge in [0.25, 0.3) is 0 Å². The monoisotopic (exact) mass is 242 g/mol. The summed E-state index contributed by atoms with van der Waals surface area (Å²) in [5.74, 6) is 0.625. The third kappa shape index (κ3) is 3.40. The van der Waals surface area contributed by atoms with Crippen molar-refractivity contribution in [1.82, 2.24) is 10.2 Å². The Morgan fingerprint density at radius 3 is 3.12 bits per heavy atom. The Morgan fingerprint density at radius 2 is 2.41 bits per heavy atom. The predicted molar refractivity (Wildman–Crippen MR) is 63.6 cm³/mol. The maximum absolute atomic E-state index is 12.2. The smallest absolute Gasteiger partial charge is 0.223 e. The fourth-order valence-electron chi connectivity index (χ4n) is 2.60. The second-order valence-corrected chi connectivity index (χ2v) is 4.91. The zero-order valence-electron chi connectivity index (χ0n) is 10.2. The van der Waals surface area contributed by atoms with E-state index in [4.69, 9.17) is 4.74 Å². The Morgan fingerprint density at radius 1 is 1.53 bits per heavy atom. The van der Waals surface area contributed by atoms with Crippen molar-refractivity contribution < 1.29 is 14.6 Å². The van der Waals surface area contributed by atoms with Crippen LogP contribution in [0.5, 0.6) is 0 Å². The molecule has 17 heavy (non-hydrogen) atoms. The van der Waals surface area contributed by atoms with Gasteiger partial charge >= 0.3 is 0 Å². The van der Waals surface area contributed by atoms with Crippen molar-refractivity contribution >= 4 is 5.91 Å². The quantitative estimate of drug-likeness (QED) is 0.706. The summed E-state index contributed by atoms with van der Waals surface area (Å²) < 4.78 is 5.28. The molecule has 2 saturated heterocycles. The SMILES string of the molecule is O=C(CC1CCCNC1)N1CCOCC1CO. The zero-order chi connectivity index (χ0) is 12.1. The molecule has 0 bridgehead atoms. The third-order valence-corrected chi connectivity index (χ3v) is 3.62. The molecule has 98 valence electrons. The summed E-state index contributed by atoms with van der Waals surface area (Å²) in [5.41, 5.74) is 0. The van der Waals surface area contributed by atoms with E-state index in [1.165, 1.54) is 0 Å². The second kappa shape index (κ2) is 6.33. The van der Waals surface area contributed by atoms with Crippen molar-refractivity contribution in [2.24, 2.45) is 5.92 Å². The van der Waals surface area contributed by atoms with Crippen LogP contribution in [-0.2, 0) is 9.53 Å². The number of aliphatic hydroxyl groups excluding tert-OH is 1. The Bertz CT molecular complexity index is 254. The van der Waals surface area contributed by atoms with Gasteiger partial charge in [0.2, 0.25) is 5.91 Å². The molecule has 0 aliphatic carbocycles. The van der Waals surface area contributed by atoms with Gasteiger partial charge in [-0.25, -0.2) is 0 Å². The first kappa shape index (κ1) is 12.8. The van der Waals surface area contributed by atoms with Crippen molar-refractivity contribution in [2.75, 3.05) is 39.5 Å². The van der Waals surface area contributed by atoms with Gasteiger partial charge in [0, 0.05) is 13.0 Å². The van der Waals surface area contributed by atoms with Crippen LogP contribution in [0.15, 0.2) is 0 Å². The number of rotatable bonds is 3. The number of piperidine rings is 1. The average molecular weight is 242 g/mol. The lowest BCUT2D eigenvalue weighted by Gasteiger charge is -2.35. The molecule has 2 aliphatic rings. The van der Waals surface area contributed by atoms with Crippen LogP contribution in [0.25, 0.3) is 0 Å². The highest BCUT2D eigenvalue weighted by molar-refractivity contribution is 5.77. The molecule has 2 fully saturated rings. The molecule has 0 spiro atoms. The van der Waals surface area contributed by atoms with Crippen LogP contribution in [0.3, 0.4) is 0 Å². The molecule has 5 nitrogen and oxygen atoms in total. The molecule has 5 heteroatoms. The van der Waals surface area contributed by atoms with Crippen molar-refractivity contribution in [3.05, 3.63) is 0 Å². The first-order valence-electron chi connectivity index (χ1n) is 6.50. The summed E-state index contributed by atoms with van der Waals surface area (Å²) in [5, 5.41) is 12.6. The molecule has 2 aliphatic heterocycles. The summed E-state index contributed by atoms with van der Waals surface area (Å²) >= 11 is 0. The van der Waals surface area contributed by atoms with E-state index in [-0.39, 0.29) is 18.6 Å². The standard InChI is InChI=1S/C12H22N2O3/c15-8-11-9-17-5-4-14(11)12(16)6-10-2-1-3-13-7-10/h10-11,13,15H,1-9H2.